The average molecular weight is 869 g/mol. The van der Waals surface area contributed by atoms with Gasteiger partial charge in [0.1, 0.15) is 12.1 Å². The van der Waals surface area contributed by atoms with Crippen LogP contribution < -0.4 is 5.32 Å². The van der Waals surface area contributed by atoms with E-state index in [1.807, 2.05) is 0 Å². The molecule has 0 aliphatic heterocycles. The summed E-state index contributed by atoms with van der Waals surface area (Å²) in [6, 6.07) is -1.17. The molecule has 4 saturated carbocycles. The van der Waals surface area contributed by atoms with Crippen molar-refractivity contribution in [2.24, 2.45) is 46.3 Å². The standard InChI is InChI=1S/C43H72N4O14/c1-5-8-26(2)29-10-11-30-39-31(21-34(49)43(29,30)4)42(3)13-12-28(19-27(42)20-33(39)48)61-41(60)44-14-7-6-9-32(40(58)59)47(17-15-45(22-35(50)51)23-36(52)53)18-16-46(24-37(54)55)25-38(56)57/h26-34,39,48-49H,5-25H2,1-4H3,(H,44,60)(H,50,51)(H,52,53)(H,54,55)(H,56,57)(H,58,59)/t26-,27+,28-,29-,30+,31+,32?,33-,34+,39+,42+,43-/m1/s1. The summed E-state index contributed by atoms with van der Waals surface area (Å²) in [6.45, 7) is 6.37. The van der Waals surface area contributed by atoms with Crippen molar-refractivity contribution in [1.29, 1.82) is 0 Å². The quantitative estimate of drug-likeness (QED) is 0.0613. The number of carbonyl (C=O) groups is 6. The number of carboxylic acids is 5. The van der Waals surface area contributed by atoms with Crippen LogP contribution in [0.3, 0.4) is 0 Å². The molecule has 0 aromatic carbocycles. The molecule has 4 rings (SSSR count). The molecule has 348 valence electrons. The monoisotopic (exact) mass is 869 g/mol. The van der Waals surface area contributed by atoms with Gasteiger partial charge in [0.25, 0.3) is 0 Å². The molecule has 18 nitrogen and oxygen atoms in total. The van der Waals surface area contributed by atoms with Gasteiger partial charge in [0.2, 0.25) is 0 Å². The van der Waals surface area contributed by atoms with Gasteiger partial charge in [-0.15, -0.1) is 0 Å². The van der Waals surface area contributed by atoms with Crippen molar-refractivity contribution in [3.05, 3.63) is 0 Å². The van der Waals surface area contributed by atoms with E-state index >= 15 is 0 Å². The summed E-state index contributed by atoms with van der Waals surface area (Å²) in [5.41, 5.74) is -0.282. The highest BCUT2D eigenvalue weighted by atomic mass is 16.6. The van der Waals surface area contributed by atoms with E-state index in [1.165, 1.54) is 4.90 Å². The minimum atomic E-state index is -1.28. The maximum Gasteiger partial charge on any atom is 0.407 e. The number of rotatable bonds is 25. The highest BCUT2D eigenvalue weighted by molar-refractivity contribution is 5.74. The lowest BCUT2D eigenvalue weighted by atomic mass is 9.43. The fourth-order valence-electron chi connectivity index (χ4n) is 12.3. The number of amides is 1. The molecule has 18 heteroatoms. The zero-order valence-corrected chi connectivity index (χ0v) is 36.5. The van der Waals surface area contributed by atoms with Crippen LogP contribution >= 0.6 is 0 Å². The van der Waals surface area contributed by atoms with E-state index in [4.69, 9.17) is 4.74 Å². The van der Waals surface area contributed by atoms with Crippen LogP contribution in [0.25, 0.3) is 0 Å². The van der Waals surface area contributed by atoms with Crippen molar-refractivity contribution < 1.29 is 69.2 Å². The van der Waals surface area contributed by atoms with Crippen molar-refractivity contribution in [3.8, 4) is 0 Å². The summed E-state index contributed by atoms with van der Waals surface area (Å²) in [5.74, 6) is -4.61. The molecule has 12 atom stereocenters. The van der Waals surface area contributed by atoms with Crippen molar-refractivity contribution in [1.82, 2.24) is 20.0 Å². The van der Waals surface area contributed by atoms with E-state index in [1.54, 1.807) is 0 Å². The Morgan fingerprint density at radius 3 is 1.84 bits per heavy atom. The number of nitrogens with one attached hydrogen (secondary N) is 1. The summed E-state index contributed by atoms with van der Waals surface area (Å²) in [5, 5.41) is 73.7. The van der Waals surface area contributed by atoms with Gasteiger partial charge in [0, 0.05) is 32.7 Å². The lowest BCUT2D eigenvalue weighted by Gasteiger charge is -2.63. The Morgan fingerprint density at radius 2 is 1.31 bits per heavy atom. The van der Waals surface area contributed by atoms with Gasteiger partial charge in [0.15, 0.2) is 0 Å². The first kappa shape index (κ1) is 50.1. The second-order valence-electron chi connectivity index (χ2n) is 19.0. The Hall–Kier alpha value is -3.58. The molecule has 4 fully saturated rings. The second-order valence-corrected chi connectivity index (χ2v) is 19.0. The number of hydrogen-bond acceptors (Lipinski definition) is 12. The van der Waals surface area contributed by atoms with Crippen LogP contribution in [0.5, 0.6) is 0 Å². The van der Waals surface area contributed by atoms with Crippen LogP contribution in [-0.2, 0) is 28.7 Å². The fourth-order valence-corrected chi connectivity index (χ4v) is 12.3. The van der Waals surface area contributed by atoms with E-state index in [0.717, 1.165) is 41.9 Å². The van der Waals surface area contributed by atoms with Gasteiger partial charge in [-0.25, -0.2) is 4.79 Å². The Morgan fingerprint density at radius 1 is 0.738 bits per heavy atom. The van der Waals surface area contributed by atoms with Crippen LogP contribution in [0.4, 0.5) is 4.79 Å². The smallest absolute Gasteiger partial charge is 0.407 e. The Labute approximate surface area is 359 Å². The molecule has 0 aromatic heterocycles. The molecule has 61 heavy (non-hydrogen) atoms. The fraction of sp³-hybridized carbons (Fsp3) is 0.860. The third-order valence-electron chi connectivity index (χ3n) is 15.3. The van der Waals surface area contributed by atoms with Crippen LogP contribution in [0.2, 0.25) is 0 Å². The minimum Gasteiger partial charge on any atom is -0.480 e. The number of ether oxygens (including phenoxy) is 1. The molecule has 0 aromatic rings. The van der Waals surface area contributed by atoms with Crippen molar-refractivity contribution >= 4 is 35.9 Å². The van der Waals surface area contributed by atoms with Crippen molar-refractivity contribution in [2.45, 2.75) is 129 Å². The number of aliphatic carboxylic acids is 5. The second kappa shape index (κ2) is 22.2. The molecular formula is C43H72N4O14. The van der Waals surface area contributed by atoms with E-state index in [9.17, 15) is 64.5 Å². The Balaban J connectivity index is 1.30. The predicted octanol–water partition coefficient (Wildman–Crippen LogP) is 2.99. The van der Waals surface area contributed by atoms with Gasteiger partial charge in [0.05, 0.1) is 38.4 Å². The van der Waals surface area contributed by atoms with Crippen molar-refractivity contribution in [2.75, 3.05) is 58.9 Å². The molecule has 0 heterocycles. The molecule has 4 aliphatic rings. The van der Waals surface area contributed by atoms with Gasteiger partial charge in [-0.1, -0.05) is 40.5 Å². The van der Waals surface area contributed by atoms with Gasteiger partial charge in [-0.2, -0.15) is 0 Å². The first-order valence-electron chi connectivity index (χ1n) is 22.3. The first-order valence-corrected chi connectivity index (χ1v) is 22.3. The molecule has 8 N–H and O–H groups in total. The molecule has 0 bridgehead atoms. The Bertz CT molecular complexity index is 1460. The van der Waals surface area contributed by atoms with Crippen LogP contribution in [0.1, 0.15) is 105 Å². The van der Waals surface area contributed by atoms with Crippen LogP contribution in [-0.4, -0.2) is 170 Å². The van der Waals surface area contributed by atoms with Gasteiger partial charge in [-0.05, 0) is 111 Å². The SMILES string of the molecule is CCC[C@@H](C)[C@H]1CC[C@H]2[C@@H]3[C@H](O)C[C@@H]4C[C@H](OC(=O)NCCCCC(C(=O)O)N(CCN(CC(=O)O)CC(=O)O)CCN(CC(=O)O)CC(=O)O)CC[C@]4(C)[C@H]3C[C@H](O)[C@]12C. The number of hydrogen-bond donors (Lipinski definition) is 8. The van der Waals surface area contributed by atoms with Gasteiger partial charge >= 0.3 is 35.9 Å². The highest BCUT2D eigenvalue weighted by Crippen LogP contribution is 2.68. The van der Waals surface area contributed by atoms with Crippen LogP contribution in [0.15, 0.2) is 0 Å². The maximum atomic E-state index is 13.0. The number of fused-ring (bicyclic) bond motifs is 5. The number of alkyl carbamates (subject to hydrolysis) is 1. The van der Waals surface area contributed by atoms with E-state index < -0.39 is 80.4 Å². The molecule has 4 aliphatic carbocycles. The largest absolute Gasteiger partial charge is 0.480 e. The Kier molecular flexibility index (Phi) is 18.2. The summed E-state index contributed by atoms with van der Waals surface area (Å²) in [6.07, 6.45) is 6.82. The number of unbranched alkanes of at least 4 members (excludes halogenated alkanes) is 1. The normalized spacial score (nSPS) is 31.8. The maximum absolute atomic E-state index is 13.0. The number of aliphatic hydroxyl groups excluding tert-OH is 2. The number of nitrogens with zero attached hydrogens (tertiary/aromatic N) is 3. The molecule has 0 radical (unpaired) electrons. The number of carboxylic acid groups (broad SMARTS) is 5. The lowest BCUT2D eigenvalue weighted by molar-refractivity contribution is -0.206. The van der Waals surface area contributed by atoms with E-state index in [-0.39, 0.29) is 79.8 Å². The summed E-state index contributed by atoms with van der Waals surface area (Å²) < 4.78 is 5.89. The molecule has 0 saturated heterocycles. The van der Waals surface area contributed by atoms with Crippen LogP contribution in [0, 0.1) is 46.3 Å². The topological polar surface area (TPSA) is 275 Å². The predicted molar refractivity (Wildman–Crippen MR) is 221 cm³/mol. The summed E-state index contributed by atoms with van der Waals surface area (Å²) in [4.78, 5) is 74.7. The number of aliphatic hydroxyl groups is 2. The lowest BCUT2D eigenvalue weighted by Crippen LogP contribution is -2.62. The third kappa shape index (κ3) is 12.8. The van der Waals surface area contributed by atoms with Crippen molar-refractivity contribution in [3.63, 3.8) is 0 Å². The number of carbonyl (C=O) groups excluding carboxylic acids is 1. The zero-order valence-electron chi connectivity index (χ0n) is 36.5. The zero-order chi connectivity index (χ0) is 45.2. The van der Waals surface area contributed by atoms with E-state index in [0.29, 0.717) is 50.4 Å². The first-order chi connectivity index (χ1) is 28.7. The van der Waals surface area contributed by atoms with Gasteiger partial charge in [-0.3, -0.25) is 38.7 Å². The molecule has 1 amide bonds. The highest BCUT2D eigenvalue weighted by Gasteiger charge is 2.65. The summed E-state index contributed by atoms with van der Waals surface area (Å²) in [7, 11) is 0. The molecule has 1 unspecified atom stereocenters. The van der Waals surface area contributed by atoms with Gasteiger partial charge < -0.3 is 45.8 Å². The van der Waals surface area contributed by atoms with E-state index in [2.05, 4.69) is 33.0 Å². The average Bonchev–Trinajstić information content (AvgIpc) is 3.51. The summed E-state index contributed by atoms with van der Waals surface area (Å²) >= 11 is 0. The molecular weight excluding hydrogens is 796 g/mol. The minimum absolute atomic E-state index is 0.0717. The third-order valence-corrected chi connectivity index (χ3v) is 15.3. The molecule has 0 spiro atoms.